The summed E-state index contributed by atoms with van der Waals surface area (Å²) in [4.78, 5) is 12.7. The van der Waals surface area contributed by atoms with Crippen molar-refractivity contribution in [2.75, 3.05) is 44.6 Å². The number of ether oxygens (including phenoxy) is 2. The molecule has 2 N–H and O–H groups in total. The van der Waals surface area contributed by atoms with Crippen LogP contribution in [0.2, 0.25) is 0 Å². The highest BCUT2D eigenvalue weighted by molar-refractivity contribution is 5.75. The molecule has 0 fully saturated rings. The van der Waals surface area contributed by atoms with Crippen LogP contribution < -0.4 is 10.6 Å². The summed E-state index contributed by atoms with van der Waals surface area (Å²) in [6.07, 6.45) is 0. The molecule has 1 rings (SSSR count). The molecule has 0 aliphatic rings. The molecular formula is C13H21N3O4. The lowest BCUT2D eigenvalue weighted by Gasteiger charge is -2.30. The van der Waals surface area contributed by atoms with E-state index in [4.69, 9.17) is 15.2 Å². The number of nitrogens with zero attached hydrogens (tertiary/aromatic N) is 2. The smallest absolute Gasteiger partial charge is 0.315 e. The molecule has 0 saturated carbocycles. The van der Waals surface area contributed by atoms with Crippen LogP contribution in [0.3, 0.4) is 0 Å². The Hall–Kier alpha value is -1.86. The molecular weight excluding hydrogens is 262 g/mol. The van der Waals surface area contributed by atoms with Gasteiger partial charge in [0.2, 0.25) is 0 Å². The van der Waals surface area contributed by atoms with Crippen LogP contribution in [0.5, 0.6) is 0 Å². The van der Waals surface area contributed by atoms with Crippen LogP contribution in [0, 0.1) is 10.1 Å². The van der Waals surface area contributed by atoms with Crippen molar-refractivity contribution in [1.29, 1.82) is 0 Å². The Morgan fingerprint density at radius 3 is 2.65 bits per heavy atom. The van der Waals surface area contributed by atoms with Crippen molar-refractivity contribution in [3.05, 3.63) is 28.3 Å². The third-order valence-corrected chi connectivity index (χ3v) is 3.01. The van der Waals surface area contributed by atoms with Gasteiger partial charge in [0.15, 0.2) is 0 Å². The van der Waals surface area contributed by atoms with E-state index in [9.17, 15) is 10.1 Å². The molecule has 20 heavy (non-hydrogen) atoms. The zero-order valence-corrected chi connectivity index (χ0v) is 12.0. The van der Waals surface area contributed by atoms with Gasteiger partial charge in [0, 0.05) is 26.8 Å². The molecule has 1 aromatic carbocycles. The van der Waals surface area contributed by atoms with Gasteiger partial charge >= 0.3 is 5.69 Å². The minimum absolute atomic E-state index is 0.0318. The molecule has 0 aliphatic carbocycles. The molecule has 1 aromatic rings. The van der Waals surface area contributed by atoms with Gasteiger partial charge in [-0.15, -0.1) is 0 Å². The molecule has 0 bridgehead atoms. The molecule has 0 radical (unpaired) electrons. The van der Waals surface area contributed by atoms with E-state index < -0.39 is 4.92 Å². The molecule has 7 heteroatoms. The molecule has 0 heterocycles. The first-order valence-electron chi connectivity index (χ1n) is 6.30. The molecule has 0 aromatic heterocycles. The van der Waals surface area contributed by atoms with E-state index in [1.165, 1.54) is 6.07 Å². The van der Waals surface area contributed by atoms with Gasteiger partial charge in [0.1, 0.15) is 11.4 Å². The van der Waals surface area contributed by atoms with Crippen LogP contribution in [-0.4, -0.2) is 44.9 Å². The number of hydrogen-bond donors (Lipinski definition) is 1. The summed E-state index contributed by atoms with van der Waals surface area (Å²) in [5, 5.41) is 11.2. The number of para-hydroxylation sites is 1. The van der Waals surface area contributed by atoms with Gasteiger partial charge < -0.3 is 20.1 Å². The lowest BCUT2D eigenvalue weighted by Crippen LogP contribution is -2.39. The summed E-state index contributed by atoms with van der Waals surface area (Å²) in [6.45, 7) is 3.37. The van der Waals surface area contributed by atoms with E-state index in [0.29, 0.717) is 25.4 Å². The Morgan fingerprint density at radius 2 is 2.10 bits per heavy atom. The van der Waals surface area contributed by atoms with Crippen LogP contribution in [0.25, 0.3) is 0 Å². The maximum absolute atomic E-state index is 11.2. The maximum Gasteiger partial charge on any atom is 0.315 e. The first-order valence-corrected chi connectivity index (χ1v) is 6.30. The van der Waals surface area contributed by atoms with Crippen molar-refractivity contribution < 1.29 is 14.4 Å². The van der Waals surface area contributed by atoms with Crippen LogP contribution in [0.1, 0.15) is 6.92 Å². The van der Waals surface area contributed by atoms with Crippen molar-refractivity contribution in [2.45, 2.75) is 13.0 Å². The summed E-state index contributed by atoms with van der Waals surface area (Å²) in [6, 6.07) is 4.89. The van der Waals surface area contributed by atoms with Crippen molar-refractivity contribution >= 4 is 17.1 Å². The fourth-order valence-electron chi connectivity index (χ4n) is 2.08. The number of rotatable bonds is 8. The number of nitrogen functional groups attached to an aromatic ring is 1. The summed E-state index contributed by atoms with van der Waals surface area (Å²) in [7, 11) is 3.19. The Kier molecular flexibility index (Phi) is 6.20. The minimum atomic E-state index is -0.454. The van der Waals surface area contributed by atoms with Gasteiger partial charge in [-0.1, -0.05) is 6.07 Å². The molecule has 0 saturated heterocycles. The molecule has 112 valence electrons. The Balaban J connectivity index is 3.18. The molecule has 1 unspecified atom stereocenters. The highest BCUT2D eigenvalue weighted by Gasteiger charge is 2.25. The van der Waals surface area contributed by atoms with E-state index in [0.717, 1.165) is 0 Å². The van der Waals surface area contributed by atoms with E-state index in [-0.39, 0.29) is 17.4 Å². The minimum Gasteiger partial charge on any atom is -0.393 e. The molecule has 7 nitrogen and oxygen atoms in total. The number of anilines is 2. The third kappa shape index (κ3) is 3.82. The van der Waals surface area contributed by atoms with Gasteiger partial charge in [0.05, 0.1) is 18.1 Å². The van der Waals surface area contributed by atoms with Gasteiger partial charge in [0.25, 0.3) is 0 Å². The van der Waals surface area contributed by atoms with Crippen LogP contribution in [-0.2, 0) is 9.47 Å². The Labute approximate surface area is 118 Å². The predicted molar refractivity (Wildman–Crippen MR) is 78.1 cm³/mol. The SMILES string of the molecule is COCCN(c1cccc(N)c1[N+](=O)[O-])C(C)COC. The van der Waals surface area contributed by atoms with Crippen LogP contribution in [0.4, 0.5) is 17.1 Å². The second-order valence-corrected chi connectivity index (χ2v) is 4.46. The number of nitro groups is 1. The number of nitro benzene ring substituents is 1. The lowest BCUT2D eigenvalue weighted by atomic mass is 10.1. The number of benzene rings is 1. The number of nitrogens with two attached hydrogens (primary N) is 1. The zero-order chi connectivity index (χ0) is 15.1. The van der Waals surface area contributed by atoms with Gasteiger partial charge in [-0.3, -0.25) is 10.1 Å². The van der Waals surface area contributed by atoms with Gasteiger partial charge in [-0.05, 0) is 19.1 Å². The van der Waals surface area contributed by atoms with Crippen molar-refractivity contribution in [1.82, 2.24) is 0 Å². The lowest BCUT2D eigenvalue weighted by molar-refractivity contribution is -0.383. The van der Waals surface area contributed by atoms with Crippen molar-refractivity contribution in [3.8, 4) is 0 Å². The first kappa shape index (κ1) is 16.2. The topological polar surface area (TPSA) is 90.9 Å². The van der Waals surface area contributed by atoms with Crippen LogP contribution >= 0.6 is 0 Å². The van der Waals surface area contributed by atoms with Gasteiger partial charge in [-0.25, -0.2) is 0 Å². The molecule has 1 atom stereocenters. The second kappa shape index (κ2) is 7.66. The quantitative estimate of drug-likeness (QED) is 0.443. The largest absolute Gasteiger partial charge is 0.393 e. The average molecular weight is 283 g/mol. The summed E-state index contributed by atoms with van der Waals surface area (Å²) in [5.74, 6) is 0. The standard InChI is InChI=1S/C13H21N3O4/c1-10(9-20-3)15(7-8-19-2)12-6-4-5-11(14)13(12)16(17)18/h4-6,10H,7-9,14H2,1-3H3. The summed E-state index contributed by atoms with van der Waals surface area (Å²) >= 11 is 0. The fraction of sp³-hybridized carbons (Fsp3) is 0.538. The fourth-order valence-corrected chi connectivity index (χ4v) is 2.08. The van der Waals surface area contributed by atoms with Crippen molar-refractivity contribution in [3.63, 3.8) is 0 Å². The first-order chi connectivity index (χ1) is 9.52. The predicted octanol–water partition coefficient (Wildman–Crippen LogP) is 1.66. The van der Waals surface area contributed by atoms with E-state index in [1.807, 2.05) is 11.8 Å². The molecule has 0 amide bonds. The van der Waals surface area contributed by atoms with E-state index >= 15 is 0 Å². The summed E-state index contributed by atoms with van der Waals surface area (Å²) in [5.41, 5.74) is 6.29. The highest BCUT2D eigenvalue weighted by Crippen LogP contribution is 2.34. The van der Waals surface area contributed by atoms with E-state index in [1.54, 1.807) is 26.4 Å². The monoisotopic (exact) mass is 283 g/mol. The van der Waals surface area contributed by atoms with Gasteiger partial charge in [-0.2, -0.15) is 0 Å². The number of hydrogen-bond acceptors (Lipinski definition) is 6. The van der Waals surface area contributed by atoms with Crippen LogP contribution in [0.15, 0.2) is 18.2 Å². The third-order valence-electron chi connectivity index (χ3n) is 3.01. The second-order valence-electron chi connectivity index (χ2n) is 4.46. The maximum atomic E-state index is 11.2. The number of methoxy groups -OCH3 is 2. The zero-order valence-electron chi connectivity index (χ0n) is 12.0. The average Bonchev–Trinajstić information content (AvgIpc) is 2.39. The molecule has 0 spiro atoms. The molecule has 0 aliphatic heterocycles. The Morgan fingerprint density at radius 1 is 1.40 bits per heavy atom. The van der Waals surface area contributed by atoms with E-state index in [2.05, 4.69) is 0 Å². The van der Waals surface area contributed by atoms with Crippen molar-refractivity contribution in [2.24, 2.45) is 0 Å². The Bertz CT molecular complexity index is 453. The highest BCUT2D eigenvalue weighted by atomic mass is 16.6. The normalized spacial score (nSPS) is 12.2. The summed E-state index contributed by atoms with van der Waals surface area (Å²) < 4.78 is 10.2.